The van der Waals surface area contributed by atoms with Crippen LogP contribution in [-0.2, 0) is 4.43 Å². The van der Waals surface area contributed by atoms with E-state index in [4.69, 9.17) is 4.43 Å². The van der Waals surface area contributed by atoms with Gasteiger partial charge >= 0.3 is 0 Å². The van der Waals surface area contributed by atoms with Crippen LogP contribution in [0.25, 0.3) is 0 Å². The molecule has 0 bridgehead atoms. The number of rotatable bonds is 11. The van der Waals surface area contributed by atoms with E-state index in [2.05, 4.69) is 41.5 Å². The average Bonchev–Trinajstić information content (AvgIpc) is 2.39. The lowest BCUT2D eigenvalue weighted by molar-refractivity contribution is 0.296. The maximum Gasteiger partial charge on any atom is 0.198 e. The van der Waals surface area contributed by atoms with Gasteiger partial charge in [-0.1, -0.05) is 73.1 Å². The van der Waals surface area contributed by atoms with Crippen molar-refractivity contribution in [3.05, 3.63) is 0 Å². The smallest absolute Gasteiger partial charge is 0.198 e. The predicted octanol–water partition coefficient (Wildman–Crippen LogP) is 6.15. The van der Waals surface area contributed by atoms with Gasteiger partial charge in [-0.2, -0.15) is 0 Å². The molecule has 0 spiro atoms. The molecule has 1 nitrogen and oxygen atoms in total. The van der Waals surface area contributed by atoms with Crippen molar-refractivity contribution in [2.24, 2.45) is 0 Å². The first kappa shape index (κ1) is 18.2. The zero-order valence-corrected chi connectivity index (χ0v) is 14.7. The Kier molecular flexibility index (Phi) is 10.1. The molecule has 0 aromatic rings. The van der Waals surface area contributed by atoms with Gasteiger partial charge in [-0.3, -0.25) is 0 Å². The predicted molar refractivity (Wildman–Crippen MR) is 85.8 cm³/mol. The third-order valence-corrected chi connectivity index (χ3v) is 10.5. The molecule has 0 saturated carbocycles. The first-order valence-corrected chi connectivity index (χ1v) is 10.5. The Morgan fingerprint density at radius 3 is 1.56 bits per heavy atom. The molecule has 2 unspecified atom stereocenters. The molecule has 110 valence electrons. The minimum atomic E-state index is -1.55. The van der Waals surface area contributed by atoms with E-state index in [1.165, 1.54) is 44.6 Å². The Morgan fingerprint density at radius 2 is 1.28 bits per heavy atom. The first-order chi connectivity index (χ1) is 8.58. The second-order valence-electron chi connectivity index (χ2n) is 5.83. The molecule has 0 radical (unpaired) electrons. The van der Waals surface area contributed by atoms with Gasteiger partial charge in [0.15, 0.2) is 8.32 Å². The quantitative estimate of drug-likeness (QED) is 0.410. The standard InChI is InChI=1S/C16H36OSi/c1-7-11-13-15(5)18(10-4,17-9-3)16(6)14-12-8-2/h15-16H,7-14H2,1-6H3. The van der Waals surface area contributed by atoms with Crippen LogP contribution in [0.4, 0.5) is 0 Å². The molecule has 18 heavy (non-hydrogen) atoms. The number of hydrogen-bond donors (Lipinski definition) is 0. The zero-order chi connectivity index (χ0) is 14.0. The molecule has 0 fully saturated rings. The number of unbranched alkanes of at least 4 members (excludes halogenated alkanes) is 2. The maximum absolute atomic E-state index is 6.44. The summed E-state index contributed by atoms with van der Waals surface area (Å²) in [6.07, 6.45) is 8.09. The zero-order valence-electron chi connectivity index (χ0n) is 13.7. The molecule has 0 rings (SSSR count). The minimum Gasteiger partial charge on any atom is -0.417 e. The summed E-state index contributed by atoms with van der Waals surface area (Å²) in [5.74, 6) is 0. The van der Waals surface area contributed by atoms with E-state index in [1.54, 1.807) is 0 Å². The van der Waals surface area contributed by atoms with Crippen LogP contribution in [0, 0.1) is 0 Å². The molecule has 0 aliphatic rings. The Bertz CT molecular complexity index is 180. The summed E-state index contributed by atoms with van der Waals surface area (Å²) in [4.78, 5) is 0. The van der Waals surface area contributed by atoms with E-state index in [1.807, 2.05) is 0 Å². The molecular formula is C16H36OSi. The summed E-state index contributed by atoms with van der Waals surface area (Å²) in [6.45, 7) is 15.0. The fraction of sp³-hybridized carbons (Fsp3) is 1.00. The second kappa shape index (κ2) is 10.0. The van der Waals surface area contributed by atoms with Gasteiger partial charge in [0.05, 0.1) is 0 Å². The van der Waals surface area contributed by atoms with Crippen molar-refractivity contribution in [1.29, 1.82) is 0 Å². The Hall–Kier alpha value is 0.177. The lowest BCUT2D eigenvalue weighted by Gasteiger charge is -2.41. The fourth-order valence-electron chi connectivity index (χ4n) is 3.35. The normalized spacial score (nSPS) is 18.3. The molecule has 0 N–H and O–H groups in total. The van der Waals surface area contributed by atoms with Crippen molar-refractivity contribution in [2.75, 3.05) is 6.61 Å². The van der Waals surface area contributed by atoms with E-state index in [0.717, 1.165) is 17.7 Å². The third kappa shape index (κ3) is 5.04. The van der Waals surface area contributed by atoms with Crippen LogP contribution < -0.4 is 0 Å². The molecule has 0 aromatic carbocycles. The number of hydrogen-bond acceptors (Lipinski definition) is 1. The van der Waals surface area contributed by atoms with Crippen molar-refractivity contribution in [1.82, 2.24) is 0 Å². The van der Waals surface area contributed by atoms with Crippen molar-refractivity contribution in [2.45, 2.75) is 97.2 Å². The summed E-state index contributed by atoms with van der Waals surface area (Å²) in [7, 11) is -1.55. The summed E-state index contributed by atoms with van der Waals surface area (Å²) in [6, 6.07) is 1.29. The topological polar surface area (TPSA) is 9.23 Å². The van der Waals surface area contributed by atoms with E-state index in [9.17, 15) is 0 Å². The van der Waals surface area contributed by atoms with Crippen molar-refractivity contribution in [3.8, 4) is 0 Å². The largest absolute Gasteiger partial charge is 0.417 e. The summed E-state index contributed by atoms with van der Waals surface area (Å²) >= 11 is 0. The average molecular weight is 273 g/mol. The molecule has 0 aromatic heterocycles. The highest BCUT2D eigenvalue weighted by atomic mass is 28.4. The summed E-state index contributed by atoms with van der Waals surface area (Å²) in [5, 5.41) is 0. The monoisotopic (exact) mass is 272 g/mol. The van der Waals surface area contributed by atoms with Crippen LogP contribution in [0.1, 0.15) is 80.1 Å². The molecule has 0 amide bonds. The Morgan fingerprint density at radius 1 is 0.833 bits per heavy atom. The van der Waals surface area contributed by atoms with Gasteiger partial charge in [-0.05, 0) is 24.1 Å². The highest BCUT2D eigenvalue weighted by Gasteiger charge is 2.43. The van der Waals surface area contributed by atoms with Crippen LogP contribution in [0.15, 0.2) is 0 Å². The van der Waals surface area contributed by atoms with E-state index in [0.29, 0.717) is 0 Å². The molecule has 0 saturated heterocycles. The van der Waals surface area contributed by atoms with E-state index in [-0.39, 0.29) is 0 Å². The Labute approximate surface area is 117 Å². The van der Waals surface area contributed by atoms with Gasteiger partial charge < -0.3 is 4.43 Å². The highest BCUT2D eigenvalue weighted by molar-refractivity contribution is 6.76. The van der Waals surface area contributed by atoms with Gasteiger partial charge in [0.1, 0.15) is 0 Å². The van der Waals surface area contributed by atoms with Crippen LogP contribution in [0.3, 0.4) is 0 Å². The molecule has 2 atom stereocenters. The van der Waals surface area contributed by atoms with Crippen LogP contribution in [0.2, 0.25) is 17.1 Å². The minimum absolute atomic E-state index is 0.814. The molecular weight excluding hydrogens is 236 g/mol. The van der Waals surface area contributed by atoms with Crippen molar-refractivity contribution < 1.29 is 4.43 Å². The second-order valence-corrected chi connectivity index (χ2v) is 10.7. The summed E-state index contributed by atoms with van der Waals surface area (Å²) in [5.41, 5.74) is 1.63. The fourth-order valence-corrected chi connectivity index (χ4v) is 8.41. The van der Waals surface area contributed by atoms with Crippen LogP contribution in [-0.4, -0.2) is 14.9 Å². The van der Waals surface area contributed by atoms with Crippen molar-refractivity contribution in [3.63, 3.8) is 0 Å². The van der Waals surface area contributed by atoms with Gasteiger partial charge in [0.2, 0.25) is 0 Å². The first-order valence-electron chi connectivity index (χ1n) is 8.22. The van der Waals surface area contributed by atoms with E-state index < -0.39 is 8.32 Å². The third-order valence-electron chi connectivity index (χ3n) is 4.62. The van der Waals surface area contributed by atoms with Crippen molar-refractivity contribution >= 4 is 8.32 Å². The van der Waals surface area contributed by atoms with Gasteiger partial charge in [-0.15, -0.1) is 0 Å². The Balaban J connectivity index is 4.76. The maximum atomic E-state index is 6.44. The van der Waals surface area contributed by atoms with E-state index >= 15 is 0 Å². The van der Waals surface area contributed by atoms with Crippen LogP contribution >= 0.6 is 0 Å². The molecule has 0 aliphatic carbocycles. The van der Waals surface area contributed by atoms with Gasteiger partial charge in [0, 0.05) is 6.61 Å². The highest BCUT2D eigenvalue weighted by Crippen LogP contribution is 2.42. The molecule has 0 heterocycles. The van der Waals surface area contributed by atoms with Gasteiger partial charge in [-0.25, -0.2) is 0 Å². The lowest BCUT2D eigenvalue weighted by atomic mass is 10.2. The summed E-state index contributed by atoms with van der Waals surface area (Å²) < 4.78 is 6.44. The molecule has 2 heteroatoms. The van der Waals surface area contributed by atoms with Crippen LogP contribution in [0.5, 0.6) is 0 Å². The van der Waals surface area contributed by atoms with Gasteiger partial charge in [0.25, 0.3) is 0 Å². The molecule has 0 aliphatic heterocycles. The SMILES string of the molecule is CCCCC(C)[Si](CC)(OCC)C(C)CCCC. The lowest BCUT2D eigenvalue weighted by Crippen LogP contribution is -2.46.